The number of ether oxygens (including phenoxy) is 1. The van der Waals surface area contributed by atoms with Crippen molar-refractivity contribution in [2.45, 2.75) is 19.3 Å². The predicted octanol–water partition coefficient (Wildman–Crippen LogP) is 2.62. The average molecular weight is 274 g/mol. The fraction of sp³-hybridized carbons (Fsp3) is 0.455. The molecule has 1 aromatic rings. The molecule has 0 aromatic heterocycles. The van der Waals surface area contributed by atoms with Crippen LogP contribution in [0.1, 0.15) is 24.8 Å². The third-order valence-electron chi connectivity index (χ3n) is 2.42. The van der Waals surface area contributed by atoms with Crippen molar-refractivity contribution in [3.63, 3.8) is 0 Å². The normalized spacial score (nSPS) is 12.5. The van der Waals surface area contributed by atoms with E-state index in [-0.39, 0.29) is 11.7 Å². The van der Waals surface area contributed by atoms with Crippen molar-refractivity contribution in [1.82, 2.24) is 0 Å². The minimum absolute atomic E-state index is 0.210. The lowest BCUT2D eigenvalue weighted by atomic mass is 9.96. The SMILES string of the molecule is COc1cc(Br)cc(C(C)CCN)c1O. The van der Waals surface area contributed by atoms with Crippen LogP contribution in [-0.4, -0.2) is 18.8 Å². The predicted molar refractivity (Wildman–Crippen MR) is 64.4 cm³/mol. The Hall–Kier alpha value is -0.740. The summed E-state index contributed by atoms with van der Waals surface area (Å²) >= 11 is 3.39. The Balaban J connectivity index is 3.11. The van der Waals surface area contributed by atoms with Gasteiger partial charge in [0, 0.05) is 10.0 Å². The van der Waals surface area contributed by atoms with Crippen LogP contribution in [0.15, 0.2) is 16.6 Å². The lowest BCUT2D eigenvalue weighted by molar-refractivity contribution is 0.368. The highest BCUT2D eigenvalue weighted by atomic mass is 79.9. The van der Waals surface area contributed by atoms with Gasteiger partial charge in [-0.25, -0.2) is 0 Å². The maximum Gasteiger partial charge on any atom is 0.161 e. The number of halogens is 1. The van der Waals surface area contributed by atoms with Gasteiger partial charge in [0.25, 0.3) is 0 Å². The molecule has 84 valence electrons. The van der Waals surface area contributed by atoms with Crippen LogP contribution in [-0.2, 0) is 0 Å². The first-order valence-electron chi connectivity index (χ1n) is 4.86. The van der Waals surface area contributed by atoms with Gasteiger partial charge in [-0.15, -0.1) is 0 Å². The van der Waals surface area contributed by atoms with Crippen molar-refractivity contribution in [2.24, 2.45) is 5.73 Å². The van der Waals surface area contributed by atoms with Crippen molar-refractivity contribution in [3.05, 3.63) is 22.2 Å². The lowest BCUT2D eigenvalue weighted by Gasteiger charge is -2.15. The fourth-order valence-electron chi connectivity index (χ4n) is 1.53. The first kappa shape index (κ1) is 12.3. The van der Waals surface area contributed by atoms with Crippen LogP contribution in [0.3, 0.4) is 0 Å². The van der Waals surface area contributed by atoms with E-state index < -0.39 is 0 Å². The van der Waals surface area contributed by atoms with E-state index in [0.29, 0.717) is 12.3 Å². The second-order valence-electron chi connectivity index (χ2n) is 3.52. The second kappa shape index (κ2) is 5.37. The molecule has 0 amide bonds. The first-order valence-corrected chi connectivity index (χ1v) is 5.66. The Morgan fingerprint density at radius 2 is 2.20 bits per heavy atom. The lowest BCUT2D eigenvalue weighted by Crippen LogP contribution is -2.05. The Morgan fingerprint density at radius 1 is 1.53 bits per heavy atom. The summed E-state index contributed by atoms with van der Waals surface area (Å²) in [4.78, 5) is 0. The zero-order chi connectivity index (χ0) is 11.4. The van der Waals surface area contributed by atoms with Gasteiger partial charge in [-0.1, -0.05) is 22.9 Å². The Morgan fingerprint density at radius 3 is 2.73 bits per heavy atom. The fourth-order valence-corrected chi connectivity index (χ4v) is 1.99. The topological polar surface area (TPSA) is 55.5 Å². The van der Waals surface area contributed by atoms with Gasteiger partial charge in [0.15, 0.2) is 11.5 Å². The summed E-state index contributed by atoms with van der Waals surface area (Å²) in [6.07, 6.45) is 0.840. The van der Waals surface area contributed by atoms with E-state index in [1.54, 1.807) is 13.2 Å². The molecule has 3 N–H and O–H groups in total. The smallest absolute Gasteiger partial charge is 0.161 e. The molecule has 0 saturated heterocycles. The molecule has 0 aliphatic rings. The number of hydrogen-bond acceptors (Lipinski definition) is 3. The molecule has 1 atom stereocenters. The van der Waals surface area contributed by atoms with E-state index in [2.05, 4.69) is 15.9 Å². The summed E-state index contributed by atoms with van der Waals surface area (Å²) in [6, 6.07) is 3.65. The van der Waals surface area contributed by atoms with E-state index in [1.807, 2.05) is 13.0 Å². The van der Waals surface area contributed by atoms with Gasteiger partial charge in [-0.2, -0.15) is 0 Å². The van der Waals surface area contributed by atoms with Crippen LogP contribution < -0.4 is 10.5 Å². The second-order valence-corrected chi connectivity index (χ2v) is 4.44. The van der Waals surface area contributed by atoms with Crippen molar-refractivity contribution in [2.75, 3.05) is 13.7 Å². The molecule has 0 spiro atoms. The molecule has 0 radical (unpaired) electrons. The highest BCUT2D eigenvalue weighted by molar-refractivity contribution is 9.10. The third kappa shape index (κ3) is 2.86. The molecular weight excluding hydrogens is 258 g/mol. The summed E-state index contributed by atoms with van der Waals surface area (Å²) in [5, 5.41) is 9.92. The third-order valence-corrected chi connectivity index (χ3v) is 2.88. The monoisotopic (exact) mass is 273 g/mol. The Bertz CT molecular complexity index is 342. The maximum atomic E-state index is 9.92. The minimum atomic E-state index is 0.210. The van der Waals surface area contributed by atoms with Crippen molar-refractivity contribution < 1.29 is 9.84 Å². The maximum absolute atomic E-state index is 9.92. The van der Waals surface area contributed by atoms with Crippen molar-refractivity contribution >= 4 is 15.9 Å². The summed E-state index contributed by atoms with van der Waals surface area (Å²) in [5.41, 5.74) is 6.37. The van der Waals surface area contributed by atoms with Gasteiger partial charge in [-0.3, -0.25) is 0 Å². The number of nitrogens with two attached hydrogens (primary N) is 1. The zero-order valence-electron chi connectivity index (χ0n) is 8.96. The average Bonchev–Trinajstić information content (AvgIpc) is 2.21. The largest absolute Gasteiger partial charge is 0.504 e. The molecule has 0 aliphatic heterocycles. The Labute approximate surface area is 98.4 Å². The molecule has 0 bridgehead atoms. The van der Waals surface area contributed by atoms with Crippen LogP contribution in [0.4, 0.5) is 0 Å². The molecule has 0 heterocycles. The van der Waals surface area contributed by atoms with E-state index in [4.69, 9.17) is 10.5 Å². The number of benzene rings is 1. The first-order chi connectivity index (χ1) is 7.10. The van der Waals surface area contributed by atoms with Crippen LogP contribution in [0.5, 0.6) is 11.5 Å². The van der Waals surface area contributed by atoms with Gasteiger partial charge in [-0.05, 0) is 31.0 Å². The molecule has 15 heavy (non-hydrogen) atoms. The van der Waals surface area contributed by atoms with Crippen LogP contribution in [0, 0.1) is 0 Å². The summed E-state index contributed by atoms with van der Waals surface area (Å²) in [7, 11) is 1.54. The molecular formula is C11H16BrNO2. The number of phenols is 1. The van der Waals surface area contributed by atoms with Gasteiger partial charge >= 0.3 is 0 Å². The van der Waals surface area contributed by atoms with E-state index in [1.165, 1.54) is 0 Å². The van der Waals surface area contributed by atoms with Crippen LogP contribution >= 0.6 is 15.9 Å². The van der Waals surface area contributed by atoms with Gasteiger partial charge in [0.05, 0.1) is 7.11 Å². The van der Waals surface area contributed by atoms with Crippen LogP contribution in [0.25, 0.3) is 0 Å². The zero-order valence-corrected chi connectivity index (χ0v) is 10.5. The molecule has 0 saturated carbocycles. The molecule has 1 rings (SSSR count). The highest BCUT2D eigenvalue weighted by Gasteiger charge is 2.14. The summed E-state index contributed by atoms with van der Waals surface area (Å²) < 4.78 is 5.98. The molecule has 0 aliphatic carbocycles. The number of rotatable bonds is 4. The molecule has 0 fully saturated rings. The summed E-state index contributed by atoms with van der Waals surface area (Å²) in [6.45, 7) is 2.64. The number of phenolic OH excluding ortho intramolecular Hbond substituents is 1. The number of methoxy groups -OCH3 is 1. The van der Waals surface area contributed by atoms with E-state index in [0.717, 1.165) is 16.5 Å². The Kier molecular flexibility index (Phi) is 4.42. The molecule has 1 unspecified atom stereocenters. The van der Waals surface area contributed by atoms with Crippen LogP contribution in [0.2, 0.25) is 0 Å². The van der Waals surface area contributed by atoms with Gasteiger partial charge in [0.2, 0.25) is 0 Å². The standard InChI is InChI=1S/C11H16BrNO2/c1-7(3-4-13)9-5-8(12)6-10(15-2)11(9)14/h5-7,14H,3-4,13H2,1-2H3. The van der Waals surface area contributed by atoms with Gasteiger partial charge < -0.3 is 15.6 Å². The summed E-state index contributed by atoms with van der Waals surface area (Å²) in [5.74, 6) is 0.922. The number of aromatic hydroxyl groups is 1. The van der Waals surface area contributed by atoms with E-state index in [9.17, 15) is 5.11 Å². The quantitative estimate of drug-likeness (QED) is 0.887. The van der Waals surface area contributed by atoms with E-state index >= 15 is 0 Å². The molecule has 1 aromatic carbocycles. The van der Waals surface area contributed by atoms with Gasteiger partial charge in [0.1, 0.15) is 0 Å². The van der Waals surface area contributed by atoms with Crippen molar-refractivity contribution in [3.8, 4) is 11.5 Å². The number of hydrogen-bond donors (Lipinski definition) is 2. The minimum Gasteiger partial charge on any atom is -0.504 e. The molecule has 4 heteroatoms. The molecule has 3 nitrogen and oxygen atoms in total. The van der Waals surface area contributed by atoms with Crippen molar-refractivity contribution in [1.29, 1.82) is 0 Å². The highest BCUT2D eigenvalue weighted by Crippen LogP contribution is 2.38.